The van der Waals surface area contributed by atoms with Crippen molar-refractivity contribution < 1.29 is 39.5 Å². The lowest BCUT2D eigenvalue weighted by atomic mass is 10.1. The third-order valence-electron chi connectivity index (χ3n) is 1.41. The molecule has 98 valence electrons. The maximum atomic E-state index is 12.1. The van der Waals surface area contributed by atoms with Gasteiger partial charge in [0, 0.05) is 0 Å². The van der Waals surface area contributed by atoms with Gasteiger partial charge in [-0.05, 0) is 6.26 Å². The molecule has 0 aliphatic carbocycles. The molecule has 16 heavy (non-hydrogen) atoms. The second kappa shape index (κ2) is 4.39. The van der Waals surface area contributed by atoms with Gasteiger partial charge in [0.15, 0.2) is 0 Å². The lowest BCUT2D eigenvalue weighted by Crippen LogP contribution is -2.63. The second-order valence-electron chi connectivity index (χ2n) is 2.42. The molecule has 0 aromatic heterocycles. The standard InChI is InChI=1S/C5H3F9S2/c1-15-16-2(3(6,7)8,4(9,10)11)5(12,13)14/h1H3. The number of hydrogen-bond donors (Lipinski definition) is 0. The highest BCUT2D eigenvalue weighted by Gasteiger charge is 2.84. The molecule has 0 saturated carbocycles. The minimum absolute atomic E-state index is 0.254. The van der Waals surface area contributed by atoms with E-state index >= 15 is 0 Å². The van der Waals surface area contributed by atoms with Crippen LogP contribution in [0.15, 0.2) is 0 Å². The van der Waals surface area contributed by atoms with Gasteiger partial charge in [0.2, 0.25) is 0 Å². The molecule has 0 heterocycles. The largest absolute Gasteiger partial charge is 0.422 e. The first kappa shape index (κ1) is 16.1. The van der Waals surface area contributed by atoms with E-state index < -0.39 is 34.1 Å². The van der Waals surface area contributed by atoms with Gasteiger partial charge in [0.1, 0.15) is 0 Å². The van der Waals surface area contributed by atoms with Crippen molar-refractivity contribution in [3.63, 3.8) is 0 Å². The summed E-state index contributed by atoms with van der Waals surface area (Å²) in [6, 6.07) is 0. The van der Waals surface area contributed by atoms with E-state index in [1.54, 1.807) is 0 Å². The van der Waals surface area contributed by atoms with Crippen LogP contribution >= 0.6 is 21.6 Å². The predicted molar refractivity (Wildman–Crippen MR) is 42.0 cm³/mol. The summed E-state index contributed by atoms with van der Waals surface area (Å²) in [6.45, 7) is 0. The van der Waals surface area contributed by atoms with Gasteiger partial charge in [-0.25, -0.2) is 0 Å². The van der Waals surface area contributed by atoms with Crippen LogP contribution in [0.1, 0.15) is 0 Å². The van der Waals surface area contributed by atoms with Crippen molar-refractivity contribution in [1.29, 1.82) is 0 Å². The number of hydrogen-bond acceptors (Lipinski definition) is 2. The molecule has 0 bridgehead atoms. The summed E-state index contributed by atoms with van der Waals surface area (Å²) in [5.41, 5.74) is 0. The van der Waals surface area contributed by atoms with Crippen LogP contribution in [0.25, 0.3) is 0 Å². The topological polar surface area (TPSA) is 0 Å². The summed E-state index contributed by atoms with van der Waals surface area (Å²) in [4.78, 5) is 0. The maximum Gasteiger partial charge on any atom is 0.422 e. The summed E-state index contributed by atoms with van der Waals surface area (Å²) in [7, 11) is -1.57. The molecule has 0 saturated heterocycles. The molecule has 0 aromatic carbocycles. The van der Waals surface area contributed by atoms with Crippen molar-refractivity contribution >= 4 is 21.6 Å². The molecule has 0 aliphatic rings. The smallest absolute Gasteiger partial charge is 0.169 e. The number of halogens is 9. The van der Waals surface area contributed by atoms with Gasteiger partial charge in [-0.1, -0.05) is 21.6 Å². The SMILES string of the molecule is CSSC(C(F)(F)F)(C(F)(F)F)C(F)(F)F. The Morgan fingerprint density at radius 2 is 0.875 bits per heavy atom. The zero-order valence-corrected chi connectivity index (χ0v) is 8.85. The summed E-state index contributed by atoms with van der Waals surface area (Å²) >= 11 is 0. The molecule has 0 atom stereocenters. The minimum Gasteiger partial charge on any atom is -0.169 e. The highest BCUT2D eigenvalue weighted by Crippen LogP contribution is 2.62. The van der Waals surface area contributed by atoms with E-state index in [2.05, 4.69) is 0 Å². The van der Waals surface area contributed by atoms with Crippen LogP contribution in [-0.4, -0.2) is 29.5 Å². The third kappa shape index (κ3) is 2.49. The monoisotopic (exact) mass is 298 g/mol. The molecule has 11 heteroatoms. The maximum absolute atomic E-state index is 12.1. The Bertz CT molecular complexity index is 200. The lowest BCUT2D eigenvalue weighted by molar-refractivity contribution is -0.344. The highest BCUT2D eigenvalue weighted by atomic mass is 33.1. The van der Waals surface area contributed by atoms with E-state index in [-0.39, 0.29) is 10.8 Å². The van der Waals surface area contributed by atoms with Crippen LogP contribution in [0.4, 0.5) is 39.5 Å². The van der Waals surface area contributed by atoms with Crippen molar-refractivity contribution in [2.75, 3.05) is 6.26 Å². The Morgan fingerprint density at radius 3 is 0.938 bits per heavy atom. The van der Waals surface area contributed by atoms with Crippen molar-refractivity contribution in [2.24, 2.45) is 0 Å². The Morgan fingerprint density at radius 1 is 0.625 bits per heavy atom. The van der Waals surface area contributed by atoms with E-state index in [1.807, 2.05) is 0 Å². The summed E-state index contributed by atoms with van der Waals surface area (Å²) < 4.78 is 103. The minimum atomic E-state index is -6.48. The first-order valence-electron chi connectivity index (χ1n) is 3.23. The van der Waals surface area contributed by atoms with Crippen molar-refractivity contribution in [3.05, 3.63) is 0 Å². The molecule has 0 aromatic rings. The van der Waals surface area contributed by atoms with Gasteiger partial charge in [-0.3, -0.25) is 0 Å². The normalized spacial score (nSPS) is 15.4. The average Bonchev–Trinajstić information content (AvgIpc) is 1.91. The van der Waals surface area contributed by atoms with Crippen LogP contribution in [-0.2, 0) is 0 Å². The molecule has 0 aliphatic heterocycles. The molecule has 0 fully saturated rings. The molecule has 0 spiro atoms. The lowest BCUT2D eigenvalue weighted by Gasteiger charge is -2.36. The van der Waals surface area contributed by atoms with E-state index in [9.17, 15) is 39.5 Å². The van der Waals surface area contributed by atoms with Gasteiger partial charge < -0.3 is 0 Å². The zero-order valence-electron chi connectivity index (χ0n) is 7.22. The molecular formula is C5H3F9S2. The average molecular weight is 298 g/mol. The van der Waals surface area contributed by atoms with Crippen LogP contribution in [0, 0.1) is 0 Å². The van der Waals surface area contributed by atoms with E-state index in [4.69, 9.17) is 0 Å². The van der Waals surface area contributed by atoms with Gasteiger partial charge in [-0.15, -0.1) is 0 Å². The van der Waals surface area contributed by atoms with Crippen molar-refractivity contribution in [3.8, 4) is 0 Å². The number of rotatable bonds is 2. The van der Waals surface area contributed by atoms with Crippen molar-refractivity contribution in [2.45, 2.75) is 23.3 Å². The Hall–Kier alpha value is 0.0700. The van der Waals surface area contributed by atoms with E-state index in [1.165, 1.54) is 0 Å². The van der Waals surface area contributed by atoms with E-state index in [0.717, 1.165) is 0 Å². The van der Waals surface area contributed by atoms with Gasteiger partial charge in [-0.2, -0.15) is 39.5 Å². The van der Waals surface area contributed by atoms with Gasteiger partial charge >= 0.3 is 23.3 Å². The fourth-order valence-electron chi connectivity index (χ4n) is 0.749. The van der Waals surface area contributed by atoms with Crippen molar-refractivity contribution in [1.82, 2.24) is 0 Å². The molecular weight excluding hydrogens is 295 g/mol. The third-order valence-corrected chi connectivity index (χ3v) is 3.77. The molecule has 0 amide bonds. The Kier molecular flexibility index (Phi) is 4.41. The van der Waals surface area contributed by atoms with Gasteiger partial charge in [0.25, 0.3) is 0 Å². The number of alkyl halides is 9. The zero-order chi connectivity index (χ0) is 13.4. The first-order chi connectivity index (χ1) is 6.81. The quantitative estimate of drug-likeness (QED) is 0.546. The Labute approximate surface area is 91.3 Å². The summed E-state index contributed by atoms with van der Waals surface area (Å²) in [6.07, 6.45) is -18.7. The molecule has 0 nitrogen and oxygen atoms in total. The fraction of sp³-hybridized carbons (Fsp3) is 1.00. The molecule has 0 N–H and O–H groups in total. The second-order valence-corrected chi connectivity index (χ2v) is 5.04. The summed E-state index contributed by atoms with van der Waals surface area (Å²) in [5.74, 6) is 0. The van der Waals surface area contributed by atoms with Crippen LogP contribution < -0.4 is 0 Å². The molecule has 0 unspecified atom stereocenters. The fourth-order valence-corrected chi connectivity index (χ4v) is 2.88. The summed E-state index contributed by atoms with van der Waals surface area (Å²) in [5, 5.41) is 0. The van der Waals surface area contributed by atoms with E-state index in [0.29, 0.717) is 6.26 Å². The molecule has 0 radical (unpaired) electrons. The predicted octanol–water partition coefficient (Wildman–Crippen LogP) is 4.42. The first-order valence-corrected chi connectivity index (χ1v) is 5.79. The van der Waals surface area contributed by atoms with Crippen LogP contribution in [0.2, 0.25) is 0 Å². The highest BCUT2D eigenvalue weighted by molar-refractivity contribution is 8.77. The van der Waals surface area contributed by atoms with Crippen LogP contribution in [0.3, 0.4) is 0 Å². The van der Waals surface area contributed by atoms with Gasteiger partial charge in [0.05, 0.1) is 0 Å². The molecule has 0 rings (SSSR count). The van der Waals surface area contributed by atoms with Crippen LogP contribution in [0.5, 0.6) is 0 Å². The Balaban J connectivity index is 5.82.